The third-order valence-electron chi connectivity index (χ3n) is 5.50. The minimum absolute atomic E-state index is 0.0608. The van der Waals surface area contributed by atoms with Crippen molar-refractivity contribution in [3.63, 3.8) is 0 Å². The Morgan fingerprint density at radius 2 is 1.92 bits per heavy atom. The summed E-state index contributed by atoms with van der Waals surface area (Å²) in [6.07, 6.45) is 6.63. The van der Waals surface area contributed by atoms with Crippen LogP contribution in [0.2, 0.25) is 0 Å². The molecule has 0 radical (unpaired) electrons. The molecule has 1 aromatic rings. The van der Waals surface area contributed by atoms with Gasteiger partial charge in [-0.3, -0.25) is 4.79 Å². The Hall–Kier alpha value is -2.04. The van der Waals surface area contributed by atoms with E-state index < -0.39 is 0 Å². The van der Waals surface area contributed by atoms with Crippen LogP contribution in [0.3, 0.4) is 0 Å². The minimum Gasteiger partial charge on any atom is -0.341 e. The number of likely N-dealkylation sites (tertiary alicyclic amines) is 1. The molecule has 0 spiro atoms. The van der Waals surface area contributed by atoms with Crippen LogP contribution in [0.15, 0.2) is 30.3 Å². The molecule has 2 aliphatic rings. The van der Waals surface area contributed by atoms with Gasteiger partial charge in [0.05, 0.1) is 0 Å². The highest BCUT2D eigenvalue weighted by molar-refractivity contribution is 5.77. The zero-order chi connectivity index (χ0) is 17.7. The first kappa shape index (κ1) is 17.8. The Morgan fingerprint density at radius 1 is 1.20 bits per heavy atom. The summed E-state index contributed by atoms with van der Waals surface area (Å²) in [6.45, 7) is 3.25. The molecule has 136 valence electrons. The first-order chi connectivity index (χ1) is 12.1. The number of hydrogen-bond donors (Lipinski definition) is 2. The van der Waals surface area contributed by atoms with Crippen molar-refractivity contribution in [3.05, 3.63) is 35.9 Å². The molecule has 2 N–H and O–H groups in total. The molecule has 25 heavy (non-hydrogen) atoms. The summed E-state index contributed by atoms with van der Waals surface area (Å²) >= 11 is 0. The van der Waals surface area contributed by atoms with E-state index in [1.165, 1.54) is 5.56 Å². The molecule has 2 fully saturated rings. The second-order valence-corrected chi connectivity index (χ2v) is 7.43. The number of urea groups is 1. The largest absolute Gasteiger partial charge is 0.341 e. The van der Waals surface area contributed by atoms with Gasteiger partial charge in [-0.2, -0.15) is 0 Å². The van der Waals surface area contributed by atoms with Crippen molar-refractivity contribution >= 4 is 11.9 Å². The van der Waals surface area contributed by atoms with Gasteiger partial charge in [0.25, 0.3) is 0 Å². The first-order valence-corrected chi connectivity index (χ1v) is 9.51. The predicted octanol–water partition coefficient (Wildman–Crippen LogP) is 2.85. The third kappa shape index (κ3) is 4.53. The summed E-state index contributed by atoms with van der Waals surface area (Å²) in [5, 5.41) is 6.35. The molecular formula is C20H29N3O2. The molecule has 1 heterocycles. The molecule has 0 bridgehead atoms. The fraction of sp³-hybridized carbons (Fsp3) is 0.600. The Labute approximate surface area is 150 Å². The summed E-state index contributed by atoms with van der Waals surface area (Å²) < 4.78 is 0. The lowest BCUT2D eigenvalue weighted by atomic mass is 9.89. The lowest BCUT2D eigenvalue weighted by Crippen LogP contribution is -2.54. The number of rotatable bonds is 5. The van der Waals surface area contributed by atoms with Gasteiger partial charge in [-0.1, -0.05) is 50.1 Å². The van der Waals surface area contributed by atoms with Crippen LogP contribution in [-0.4, -0.2) is 41.5 Å². The number of carbonyl (C=O) groups is 2. The normalized spacial score (nSPS) is 22.0. The van der Waals surface area contributed by atoms with Crippen LogP contribution in [0.4, 0.5) is 4.79 Å². The molecule has 0 aromatic heterocycles. The smallest absolute Gasteiger partial charge is 0.315 e. The van der Waals surface area contributed by atoms with Gasteiger partial charge < -0.3 is 15.5 Å². The SMILES string of the molecule is CCC(=O)N1CC[C@H](NC(=O)NC2(Cc3ccccc3)CCCC2)C1. The van der Waals surface area contributed by atoms with E-state index in [9.17, 15) is 9.59 Å². The second kappa shape index (κ2) is 7.89. The molecule has 1 saturated heterocycles. The summed E-state index contributed by atoms with van der Waals surface area (Å²) in [5.41, 5.74) is 1.13. The zero-order valence-corrected chi connectivity index (χ0v) is 15.1. The van der Waals surface area contributed by atoms with Crippen LogP contribution in [0.1, 0.15) is 51.0 Å². The van der Waals surface area contributed by atoms with Crippen LogP contribution >= 0.6 is 0 Å². The van der Waals surface area contributed by atoms with Crippen molar-refractivity contribution in [1.82, 2.24) is 15.5 Å². The van der Waals surface area contributed by atoms with E-state index in [0.29, 0.717) is 13.0 Å². The highest BCUT2D eigenvalue weighted by atomic mass is 16.2. The lowest BCUT2D eigenvalue weighted by molar-refractivity contribution is -0.129. The lowest BCUT2D eigenvalue weighted by Gasteiger charge is -2.31. The number of hydrogen-bond acceptors (Lipinski definition) is 2. The summed E-state index contributed by atoms with van der Waals surface area (Å²) in [6, 6.07) is 10.4. The van der Waals surface area contributed by atoms with Gasteiger partial charge in [0, 0.05) is 31.1 Å². The van der Waals surface area contributed by atoms with Crippen LogP contribution in [-0.2, 0) is 11.2 Å². The van der Waals surface area contributed by atoms with Crippen LogP contribution in [0.25, 0.3) is 0 Å². The number of benzene rings is 1. The van der Waals surface area contributed by atoms with Crippen molar-refractivity contribution in [2.75, 3.05) is 13.1 Å². The highest BCUT2D eigenvalue weighted by Crippen LogP contribution is 2.32. The Kier molecular flexibility index (Phi) is 5.61. The maximum atomic E-state index is 12.6. The molecule has 1 saturated carbocycles. The van der Waals surface area contributed by atoms with Crippen LogP contribution in [0.5, 0.6) is 0 Å². The van der Waals surface area contributed by atoms with Gasteiger partial charge in [0.15, 0.2) is 0 Å². The molecule has 1 atom stereocenters. The zero-order valence-electron chi connectivity index (χ0n) is 15.1. The van der Waals surface area contributed by atoms with Gasteiger partial charge in [-0.25, -0.2) is 4.79 Å². The van der Waals surface area contributed by atoms with Crippen molar-refractivity contribution < 1.29 is 9.59 Å². The van der Waals surface area contributed by atoms with Gasteiger partial charge in [0.1, 0.15) is 0 Å². The maximum absolute atomic E-state index is 12.6. The Morgan fingerprint density at radius 3 is 2.60 bits per heavy atom. The van der Waals surface area contributed by atoms with Crippen molar-refractivity contribution in [3.8, 4) is 0 Å². The first-order valence-electron chi connectivity index (χ1n) is 9.51. The van der Waals surface area contributed by atoms with Crippen molar-refractivity contribution in [2.45, 2.75) is 63.5 Å². The number of nitrogens with zero attached hydrogens (tertiary/aromatic N) is 1. The standard InChI is InChI=1S/C20H29N3O2/c1-2-18(24)23-13-10-17(15-23)21-19(25)22-20(11-6-7-12-20)14-16-8-4-3-5-9-16/h3-5,8-9,17H,2,6-7,10-15H2,1H3,(H2,21,22,25)/t17-/m0/s1. The molecule has 1 aliphatic heterocycles. The fourth-order valence-corrected chi connectivity index (χ4v) is 4.17. The quantitative estimate of drug-likeness (QED) is 0.863. The van der Waals surface area contributed by atoms with Gasteiger partial charge in [-0.15, -0.1) is 0 Å². The van der Waals surface area contributed by atoms with Crippen LogP contribution in [0, 0.1) is 0 Å². The van der Waals surface area contributed by atoms with E-state index in [2.05, 4.69) is 34.9 Å². The monoisotopic (exact) mass is 343 g/mol. The maximum Gasteiger partial charge on any atom is 0.315 e. The number of nitrogens with one attached hydrogen (secondary N) is 2. The van der Waals surface area contributed by atoms with E-state index in [-0.39, 0.29) is 23.5 Å². The van der Waals surface area contributed by atoms with Gasteiger partial charge in [0.2, 0.25) is 5.91 Å². The topological polar surface area (TPSA) is 61.4 Å². The molecule has 1 aromatic carbocycles. The van der Waals surface area contributed by atoms with Crippen molar-refractivity contribution in [2.24, 2.45) is 0 Å². The average Bonchev–Trinajstić information content (AvgIpc) is 3.25. The molecule has 1 aliphatic carbocycles. The molecule has 3 amide bonds. The minimum atomic E-state index is -0.136. The predicted molar refractivity (Wildman–Crippen MR) is 98.3 cm³/mol. The molecule has 3 rings (SSSR count). The Bertz CT molecular complexity index is 596. The van der Waals surface area contributed by atoms with E-state index >= 15 is 0 Å². The average molecular weight is 343 g/mol. The summed E-state index contributed by atoms with van der Waals surface area (Å²) in [7, 11) is 0. The number of carbonyl (C=O) groups excluding carboxylic acids is 2. The Balaban J connectivity index is 1.56. The van der Waals surface area contributed by atoms with E-state index in [1.54, 1.807) is 0 Å². The summed E-state index contributed by atoms with van der Waals surface area (Å²) in [4.78, 5) is 26.2. The van der Waals surface area contributed by atoms with Gasteiger partial charge in [-0.05, 0) is 31.2 Å². The van der Waals surface area contributed by atoms with E-state index in [1.807, 2.05) is 17.9 Å². The summed E-state index contributed by atoms with van der Waals surface area (Å²) in [5.74, 6) is 0.168. The number of amides is 3. The highest BCUT2D eigenvalue weighted by Gasteiger charge is 2.36. The fourth-order valence-electron chi connectivity index (χ4n) is 4.17. The third-order valence-corrected chi connectivity index (χ3v) is 5.50. The van der Waals surface area contributed by atoms with Crippen molar-refractivity contribution in [1.29, 1.82) is 0 Å². The molecule has 5 nitrogen and oxygen atoms in total. The molecule has 0 unspecified atom stereocenters. The second-order valence-electron chi connectivity index (χ2n) is 7.43. The van der Waals surface area contributed by atoms with E-state index in [4.69, 9.17) is 0 Å². The van der Waals surface area contributed by atoms with Crippen LogP contribution < -0.4 is 10.6 Å². The van der Waals surface area contributed by atoms with E-state index in [0.717, 1.165) is 45.1 Å². The molecular weight excluding hydrogens is 314 g/mol. The molecule has 5 heteroatoms. The van der Waals surface area contributed by atoms with Gasteiger partial charge >= 0.3 is 6.03 Å².